The Bertz CT molecular complexity index is 972. The number of anilines is 1. The highest BCUT2D eigenvalue weighted by Crippen LogP contribution is 2.31. The first-order chi connectivity index (χ1) is 14.5. The molecule has 1 amide bonds. The summed E-state index contributed by atoms with van der Waals surface area (Å²) < 4.78 is 1.14. The number of halogens is 1. The van der Waals surface area contributed by atoms with E-state index in [1.165, 1.54) is 5.56 Å². The smallest absolute Gasteiger partial charge is 0.229 e. The number of thioether (sulfide) groups is 1. The van der Waals surface area contributed by atoms with Gasteiger partial charge < -0.3 is 4.90 Å². The summed E-state index contributed by atoms with van der Waals surface area (Å²) in [6.07, 6.45) is 2.39. The van der Waals surface area contributed by atoms with Gasteiger partial charge in [0.25, 0.3) is 0 Å². The highest BCUT2D eigenvalue weighted by atomic mass is 35.5. The van der Waals surface area contributed by atoms with Gasteiger partial charge in [-0.1, -0.05) is 35.9 Å². The topological polar surface area (TPSA) is 36.4 Å². The minimum absolute atomic E-state index is 0.130. The van der Waals surface area contributed by atoms with Crippen LogP contribution >= 0.6 is 34.7 Å². The fourth-order valence-electron chi connectivity index (χ4n) is 3.09. The van der Waals surface area contributed by atoms with Gasteiger partial charge in [0.15, 0.2) is 5.13 Å². The minimum atomic E-state index is 0.130. The maximum absolute atomic E-state index is 13.1. The van der Waals surface area contributed by atoms with Crippen LogP contribution in [0.5, 0.6) is 0 Å². The van der Waals surface area contributed by atoms with Gasteiger partial charge in [-0.15, -0.1) is 11.8 Å². The van der Waals surface area contributed by atoms with E-state index in [9.17, 15) is 4.79 Å². The summed E-state index contributed by atoms with van der Waals surface area (Å²) in [7, 11) is 4.11. The molecular formula is C23H28ClN3OS2. The number of nitrogens with zero attached hydrogens (tertiary/aromatic N) is 3. The zero-order valence-corrected chi connectivity index (χ0v) is 20.1. The van der Waals surface area contributed by atoms with Crippen molar-refractivity contribution in [3.05, 3.63) is 53.1 Å². The summed E-state index contributed by atoms with van der Waals surface area (Å²) in [5.74, 6) is 0.861. The lowest BCUT2D eigenvalue weighted by atomic mass is 10.2. The molecule has 1 aromatic heterocycles. The van der Waals surface area contributed by atoms with E-state index in [4.69, 9.17) is 16.6 Å². The van der Waals surface area contributed by atoms with E-state index in [1.54, 1.807) is 23.1 Å². The van der Waals surface area contributed by atoms with Crippen molar-refractivity contribution < 1.29 is 4.79 Å². The van der Waals surface area contributed by atoms with E-state index in [-0.39, 0.29) is 5.91 Å². The monoisotopic (exact) mass is 461 g/mol. The lowest BCUT2D eigenvalue weighted by Crippen LogP contribution is -2.33. The predicted octanol–water partition coefficient (Wildman–Crippen LogP) is 5.98. The van der Waals surface area contributed by atoms with E-state index < -0.39 is 0 Å². The van der Waals surface area contributed by atoms with E-state index in [0.29, 0.717) is 13.0 Å². The van der Waals surface area contributed by atoms with E-state index in [0.717, 1.165) is 50.4 Å². The molecule has 3 rings (SSSR count). The van der Waals surface area contributed by atoms with Crippen LogP contribution in [0.1, 0.15) is 25.3 Å². The maximum atomic E-state index is 13.1. The summed E-state index contributed by atoms with van der Waals surface area (Å²) in [5.41, 5.74) is 2.26. The summed E-state index contributed by atoms with van der Waals surface area (Å²) in [4.78, 5) is 23.0. The summed E-state index contributed by atoms with van der Waals surface area (Å²) >= 11 is 9.24. The number of thiazole rings is 1. The molecule has 3 aromatic rings. The highest BCUT2D eigenvalue weighted by molar-refractivity contribution is 7.99. The molecule has 0 saturated heterocycles. The van der Waals surface area contributed by atoms with Gasteiger partial charge in [0.2, 0.25) is 5.91 Å². The van der Waals surface area contributed by atoms with Crippen molar-refractivity contribution >= 4 is 56.0 Å². The molecule has 30 heavy (non-hydrogen) atoms. The van der Waals surface area contributed by atoms with Crippen molar-refractivity contribution in [3.8, 4) is 0 Å². The third kappa shape index (κ3) is 6.45. The number of rotatable bonds is 10. The van der Waals surface area contributed by atoms with Crippen molar-refractivity contribution in [2.75, 3.05) is 37.8 Å². The van der Waals surface area contributed by atoms with Gasteiger partial charge in [-0.2, -0.15) is 0 Å². The first-order valence-corrected chi connectivity index (χ1v) is 12.4. The van der Waals surface area contributed by atoms with E-state index in [1.807, 2.05) is 29.2 Å². The van der Waals surface area contributed by atoms with Crippen LogP contribution in [0.3, 0.4) is 0 Å². The number of fused-ring (bicyclic) bond motifs is 1. The number of amides is 1. The summed E-state index contributed by atoms with van der Waals surface area (Å²) in [6.45, 7) is 3.77. The number of hydrogen-bond donors (Lipinski definition) is 0. The molecule has 7 heteroatoms. The zero-order valence-electron chi connectivity index (χ0n) is 17.7. The summed E-state index contributed by atoms with van der Waals surface area (Å²) in [6, 6.07) is 14.1. The van der Waals surface area contributed by atoms with Crippen molar-refractivity contribution in [2.45, 2.75) is 31.1 Å². The normalized spacial score (nSPS) is 11.4. The molecule has 0 radical (unpaired) electrons. The van der Waals surface area contributed by atoms with Crippen molar-refractivity contribution in [2.24, 2.45) is 0 Å². The SMILES string of the molecule is CCc1ccc2nc(N(CCCN(C)C)C(=O)CCSc3ccc(Cl)cc3)sc2c1. The lowest BCUT2D eigenvalue weighted by molar-refractivity contribution is -0.118. The maximum Gasteiger partial charge on any atom is 0.229 e. The molecule has 4 nitrogen and oxygen atoms in total. The number of aromatic nitrogens is 1. The van der Waals surface area contributed by atoms with Crippen LogP contribution in [0.25, 0.3) is 10.2 Å². The lowest BCUT2D eigenvalue weighted by Gasteiger charge is -2.21. The first-order valence-electron chi connectivity index (χ1n) is 10.2. The molecule has 0 N–H and O–H groups in total. The van der Waals surface area contributed by atoms with Crippen molar-refractivity contribution in [1.82, 2.24) is 9.88 Å². The largest absolute Gasteiger partial charge is 0.309 e. The Kier molecular flexibility index (Phi) is 8.57. The molecule has 0 fully saturated rings. The Morgan fingerprint density at radius 2 is 1.90 bits per heavy atom. The van der Waals surface area contributed by atoms with Gasteiger partial charge in [-0.3, -0.25) is 9.69 Å². The molecule has 0 aliphatic rings. The van der Waals surface area contributed by atoms with Gasteiger partial charge in [-0.25, -0.2) is 4.98 Å². The third-order valence-electron chi connectivity index (χ3n) is 4.77. The Morgan fingerprint density at radius 1 is 1.13 bits per heavy atom. The Labute approximate surface area is 192 Å². The van der Waals surface area contributed by atoms with Crippen LogP contribution in [0.15, 0.2) is 47.4 Å². The fraction of sp³-hybridized carbons (Fsp3) is 0.391. The van der Waals surface area contributed by atoms with Gasteiger partial charge in [-0.05, 0) is 75.4 Å². The molecule has 2 aromatic carbocycles. The second-order valence-electron chi connectivity index (χ2n) is 7.41. The van der Waals surface area contributed by atoms with Gasteiger partial charge in [0.05, 0.1) is 10.2 Å². The number of carbonyl (C=O) groups excluding carboxylic acids is 1. The van der Waals surface area contributed by atoms with E-state index >= 15 is 0 Å². The number of aryl methyl sites for hydroxylation is 1. The average molecular weight is 462 g/mol. The fourth-order valence-corrected chi connectivity index (χ4v) is 5.13. The molecule has 0 bridgehead atoms. The first kappa shape index (κ1) is 23.1. The molecule has 0 atom stereocenters. The highest BCUT2D eigenvalue weighted by Gasteiger charge is 2.19. The quantitative estimate of drug-likeness (QED) is 0.348. The van der Waals surface area contributed by atoms with Crippen molar-refractivity contribution in [3.63, 3.8) is 0 Å². The van der Waals surface area contributed by atoms with Crippen LogP contribution < -0.4 is 4.90 Å². The number of benzene rings is 2. The van der Waals surface area contributed by atoms with Crippen LogP contribution in [-0.4, -0.2) is 48.7 Å². The van der Waals surface area contributed by atoms with Crippen LogP contribution in [0, 0.1) is 0 Å². The second-order valence-corrected chi connectivity index (χ2v) is 10.0. The molecule has 0 aliphatic heterocycles. The Hall–Kier alpha value is -1.60. The summed E-state index contributed by atoms with van der Waals surface area (Å²) in [5, 5.41) is 1.53. The Morgan fingerprint density at radius 3 is 2.60 bits per heavy atom. The Balaban J connectivity index is 1.70. The average Bonchev–Trinajstić information content (AvgIpc) is 3.15. The van der Waals surface area contributed by atoms with E-state index in [2.05, 4.69) is 44.1 Å². The predicted molar refractivity (Wildman–Crippen MR) is 131 cm³/mol. The zero-order chi connectivity index (χ0) is 21.5. The molecule has 0 saturated carbocycles. The molecule has 0 aliphatic carbocycles. The minimum Gasteiger partial charge on any atom is -0.309 e. The van der Waals surface area contributed by atoms with Crippen LogP contribution in [-0.2, 0) is 11.2 Å². The molecule has 160 valence electrons. The van der Waals surface area contributed by atoms with Gasteiger partial charge in [0.1, 0.15) is 0 Å². The second kappa shape index (κ2) is 11.1. The number of carbonyl (C=O) groups is 1. The van der Waals surface area contributed by atoms with Gasteiger partial charge >= 0.3 is 0 Å². The standard InChI is InChI=1S/C23H28ClN3OS2/c1-4-17-6-11-20-21(16-17)30-23(25-20)27(14-5-13-26(2)3)22(28)12-15-29-19-9-7-18(24)8-10-19/h6-11,16H,4-5,12-15H2,1-3H3. The molecule has 0 unspecified atom stereocenters. The van der Waals surface area contributed by atoms with Crippen LogP contribution in [0.4, 0.5) is 5.13 Å². The van der Waals surface area contributed by atoms with Gasteiger partial charge in [0, 0.05) is 28.6 Å². The van der Waals surface area contributed by atoms with Crippen LogP contribution in [0.2, 0.25) is 5.02 Å². The third-order valence-corrected chi connectivity index (χ3v) is 7.07. The molecular weight excluding hydrogens is 434 g/mol. The van der Waals surface area contributed by atoms with Crippen molar-refractivity contribution in [1.29, 1.82) is 0 Å². The number of hydrogen-bond acceptors (Lipinski definition) is 5. The molecule has 0 spiro atoms. The molecule has 1 heterocycles.